The molecule has 6 heteroatoms. The van der Waals surface area contributed by atoms with E-state index in [1.165, 1.54) is 4.80 Å². The van der Waals surface area contributed by atoms with Gasteiger partial charge in [-0.2, -0.15) is 5.26 Å². The van der Waals surface area contributed by atoms with Crippen molar-refractivity contribution in [2.24, 2.45) is 5.92 Å². The van der Waals surface area contributed by atoms with E-state index >= 15 is 0 Å². The largest absolute Gasteiger partial charge is 0.506 e. The molecule has 0 bridgehead atoms. The molecular formula is C16H16N4O2. The lowest BCUT2D eigenvalue weighted by atomic mass is 9.90. The molecule has 1 aliphatic carbocycles. The quantitative estimate of drug-likeness (QED) is 0.906. The average Bonchev–Trinajstić information content (AvgIpc) is 2.93. The zero-order valence-electron chi connectivity index (χ0n) is 12.2. The van der Waals surface area contributed by atoms with E-state index < -0.39 is 0 Å². The molecule has 1 heterocycles. The molecule has 112 valence electrons. The van der Waals surface area contributed by atoms with Gasteiger partial charge in [-0.25, -0.2) is 0 Å². The molecule has 0 amide bonds. The highest BCUT2D eigenvalue weighted by molar-refractivity contribution is 5.77. The molecule has 2 aromatic rings. The Balaban J connectivity index is 2.06. The van der Waals surface area contributed by atoms with Gasteiger partial charge in [0.2, 0.25) is 0 Å². The van der Waals surface area contributed by atoms with Crippen LogP contribution in [0, 0.1) is 17.2 Å². The summed E-state index contributed by atoms with van der Waals surface area (Å²) in [5.41, 5.74) is 3.17. The fourth-order valence-electron chi connectivity index (χ4n) is 2.67. The Labute approximate surface area is 127 Å². The number of rotatable bonds is 3. The first kappa shape index (κ1) is 14.3. The van der Waals surface area contributed by atoms with E-state index in [1.54, 1.807) is 18.2 Å². The van der Waals surface area contributed by atoms with Gasteiger partial charge >= 0.3 is 0 Å². The van der Waals surface area contributed by atoms with Crippen LogP contribution in [0.4, 0.5) is 0 Å². The van der Waals surface area contributed by atoms with E-state index in [9.17, 15) is 5.11 Å². The summed E-state index contributed by atoms with van der Waals surface area (Å²) in [7, 11) is 0. The maximum Gasteiger partial charge on any atom is 0.141 e. The van der Waals surface area contributed by atoms with E-state index in [0.29, 0.717) is 28.7 Å². The van der Waals surface area contributed by atoms with Crippen molar-refractivity contribution in [1.29, 1.82) is 5.26 Å². The van der Waals surface area contributed by atoms with Gasteiger partial charge in [0.1, 0.15) is 22.5 Å². The summed E-state index contributed by atoms with van der Waals surface area (Å²) in [4.78, 5) is 1.40. The topological polar surface area (TPSA) is 95.0 Å². The normalized spacial score (nSPS) is 18.4. The third kappa shape index (κ3) is 2.47. The van der Waals surface area contributed by atoms with Crippen LogP contribution >= 0.6 is 0 Å². The minimum Gasteiger partial charge on any atom is -0.506 e. The van der Waals surface area contributed by atoms with Gasteiger partial charge in [0.25, 0.3) is 0 Å². The molecule has 0 saturated carbocycles. The van der Waals surface area contributed by atoms with E-state index in [1.807, 2.05) is 13.0 Å². The standard InChI is InChI=1S/C16H16N4O2/c1-10-6-11(4-5-21)8-15(16(10)22)20-18-13-3-2-12(9-17)7-14(13)19-20/h2-3,7-8,11,21-22H,4-6H2,1H3. The Morgan fingerprint density at radius 3 is 2.86 bits per heavy atom. The Kier molecular flexibility index (Phi) is 3.65. The van der Waals surface area contributed by atoms with Crippen molar-refractivity contribution in [3.8, 4) is 6.07 Å². The van der Waals surface area contributed by atoms with Crippen LogP contribution in [0.1, 0.15) is 25.3 Å². The van der Waals surface area contributed by atoms with Crippen molar-refractivity contribution < 1.29 is 10.2 Å². The smallest absolute Gasteiger partial charge is 0.141 e. The van der Waals surface area contributed by atoms with Gasteiger partial charge in [-0.05, 0) is 55.5 Å². The first-order valence-corrected chi connectivity index (χ1v) is 7.11. The van der Waals surface area contributed by atoms with Crippen molar-refractivity contribution in [1.82, 2.24) is 15.0 Å². The maximum atomic E-state index is 10.3. The molecular weight excluding hydrogens is 280 g/mol. The monoisotopic (exact) mass is 296 g/mol. The second-order valence-electron chi connectivity index (χ2n) is 5.46. The first-order chi connectivity index (χ1) is 10.6. The van der Waals surface area contributed by atoms with Crippen LogP contribution in [0.3, 0.4) is 0 Å². The summed E-state index contributed by atoms with van der Waals surface area (Å²) in [6.45, 7) is 1.96. The van der Waals surface area contributed by atoms with Gasteiger partial charge in [-0.15, -0.1) is 15.0 Å². The minimum atomic E-state index is 0.0997. The molecule has 0 fully saturated rings. The lowest BCUT2D eigenvalue weighted by Crippen LogP contribution is -2.14. The molecule has 0 aliphatic heterocycles. The highest BCUT2D eigenvalue weighted by Gasteiger charge is 2.22. The van der Waals surface area contributed by atoms with Crippen molar-refractivity contribution in [3.63, 3.8) is 0 Å². The summed E-state index contributed by atoms with van der Waals surface area (Å²) < 4.78 is 0. The summed E-state index contributed by atoms with van der Waals surface area (Å²) in [5, 5.41) is 37.1. The Hall–Kier alpha value is -2.65. The predicted molar refractivity (Wildman–Crippen MR) is 81.7 cm³/mol. The molecule has 1 aliphatic rings. The van der Waals surface area contributed by atoms with Gasteiger partial charge in [0.05, 0.1) is 11.6 Å². The molecule has 0 spiro atoms. The van der Waals surface area contributed by atoms with Crippen LogP contribution in [0.15, 0.2) is 35.6 Å². The molecule has 0 radical (unpaired) electrons. The lowest BCUT2D eigenvalue weighted by Gasteiger charge is -2.21. The first-order valence-electron chi connectivity index (χ1n) is 7.11. The Morgan fingerprint density at radius 1 is 1.36 bits per heavy atom. The third-order valence-electron chi connectivity index (χ3n) is 3.83. The van der Waals surface area contributed by atoms with Crippen LogP contribution < -0.4 is 0 Å². The van der Waals surface area contributed by atoms with Gasteiger partial charge in [-0.3, -0.25) is 0 Å². The Morgan fingerprint density at radius 2 is 2.14 bits per heavy atom. The minimum absolute atomic E-state index is 0.0997. The van der Waals surface area contributed by atoms with Gasteiger partial charge in [0, 0.05) is 6.61 Å². The fraction of sp³-hybridized carbons (Fsp3) is 0.312. The SMILES string of the molecule is CC1=C(O)C(n2nc3ccc(C#N)cc3n2)=CC(CCO)C1. The van der Waals surface area contributed by atoms with Crippen molar-refractivity contribution >= 4 is 16.7 Å². The molecule has 1 aromatic carbocycles. The number of nitrogens with zero attached hydrogens (tertiary/aromatic N) is 4. The molecule has 1 atom stereocenters. The summed E-state index contributed by atoms with van der Waals surface area (Å²) in [6.07, 6.45) is 3.24. The number of nitriles is 1. The lowest BCUT2D eigenvalue weighted by molar-refractivity contribution is 0.267. The molecule has 2 N–H and O–H groups in total. The second kappa shape index (κ2) is 5.62. The average molecular weight is 296 g/mol. The number of fused-ring (bicyclic) bond motifs is 1. The number of hydrogen-bond acceptors (Lipinski definition) is 5. The van der Waals surface area contributed by atoms with Crippen LogP contribution in [0.2, 0.25) is 0 Å². The van der Waals surface area contributed by atoms with Gasteiger partial charge in [0.15, 0.2) is 0 Å². The maximum absolute atomic E-state index is 10.3. The molecule has 0 saturated heterocycles. The zero-order valence-corrected chi connectivity index (χ0v) is 12.2. The molecule has 3 rings (SSSR count). The summed E-state index contributed by atoms with van der Waals surface area (Å²) in [6, 6.07) is 7.16. The van der Waals surface area contributed by atoms with E-state index in [-0.39, 0.29) is 18.3 Å². The van der Waals surface area contributed by atoms with Gasteiger partial charge in [-0.1, -0.05) is 0 Å². The number of hydrogen-bond donors (Lipinski definition) is 2. The number of aliphatic hydroxyl groups excluding tert-OH is 2. The van der Waals surface area contributed by atoms with Crippen molar-refractivity contribution in [3.05, 3.63) is 41.2 Å². The summed E-state index contributed by atoms with van der Waals surface area (Å²) in [5.74, 6) is 0.328. The summed E-state index contributed by atoms with van der Waals surface area (Å²) >= 11 is 0. The van der Waals surface area contributed by atoms with Crippen molar-refractivity contribution in [2.45, 2.75) is 19.8 Å². The Bertz CT molecular complexity index is 826. The highest BCUT2D eigenvalue weighted by atomic mass is 16.3. The van der Waals surface area contributed by atoms with Crippen LogP contribution in [0.5, 0.6) is 0 Å². The molecule has 22 heavy (non-hydrogen) atoms. The predicted octanol–water partition coefficient (Wildman–Crippen LogP) is 2.38. The third-order valence-corrected chi connectivity index (χ3v) is 3.83. The van der Waals surface area contributed by atoms with Crippen molar-refractivity contribution in [2.75, 3.05) is 6.61 Å². The number of aliphatic hydroxyl groups is 2. The van der Waals surface area contributed by atoms with Gasteiger partial charge < -0.3 is 10.2 Å². The van der Waals surface area contributed by atoms with E-state index in [0.717, 1.165) is 12.0 Å². The number of allylic oxidation sites excluding steroid dienone is 3. The van der Waals surface area contributed by atoms with Crippen LogP contribution in [-0.2, 0) is 0 Å². The van der Waals surface area contributed by atoms with Crippen LogP contribution in [-0.4, -0.2) is 31.8 Å². The number of aromatic nitrogens is 3. The zero-order chi connectivity index (χ0) is 15.7. The molecule has 1 unspecified atom stereocenters. The van der Waals surface area contributed by atoms with Crippen LogP contribution in [0.25, 0.3) is 16.7 Å². The molecule has 6 nitrogen and oxygen atoms in total. The molecule has 1 aromatic heterocycles. The fourth-order valence-corrected chi connectivity index (χ4v) is 2.67. The van der Waals surface area contributed by atoms with E-state index in [2.05, 4.69) is 16.3 Å². The van der Waals surface area contributed by atoms with E-state index in [4.69, 9.17) is 10.4 Å². The number of benzene rings is 1. The second-order valence-corrected chi connectivity index (χ2v) is 5.46. The highest BCUT2D eigenvalue weighted by Crippen LogP contribution is 2.31.